The van der Waals surface area contributed by atoms with Gasteiger partial charge in [0.25, 0.3) is 0 Å². The third-order valence-electron chi connectivity index (χ3n) is 3.27. The van der Waals surface area contributed by atoms with Crippen molar-refractivity contribution in [1.29, 1.82) is 0 Å². The monoisotopic (exact) mass is 182 g/mol. The van der Waals surface area contributed by atoms with Gasteiger partial charge in [0.15, 0.2) is 0 Å². The lowest BCUT2D eigenvalue weighted by atomic mass is 9.84. The molecule has 3 unspecified atom stereocenters. The molecular formula is C9H11FN2O. The maximum Gasteiger partial charge on any atom is 0.232 e. The largest absolute Gasteiger partial charge is 0.476 e. The maximum absolute atomic E-state index is 12.8. The minimum atomic E-state index is -0.567. The van der Waals surface area contributed by atoms with Crippen LogP contribution in [0.3, 0.4) is 0 Å². The molecule has 0 aromatic carbocycles. The van der Waals surface area contributed by atoms with Gasteiger partial charge in [0.2, 0.25) is 5.88 Å². The number of nitrogens with zero attached hydrogens (tertiary/aromatic N) is 1. The van der Waals surface area contributed by atoms with Gasteiger partial charge in [-0.05, 0) is 18.8 Å². The fourth-order valence-corrected chi connectivity index (χ4v) is 2.27. The van der Waals surface area contributed by atoms with Crippen LogP contribution in [0.1, 0.15) is 12.8 Å². The highest BCUT2D eigenvalue weighted by Crippen LogP contribution is 2.68. The number of hydrogen-bond donors (Lipinski definition) is 1. The number of aromatic nitrogens is 2. The summed E-state index contributed by atoms with van der Waals surface area (Å²) in [5.41, 5.74) is 0.179. The van der Waals surface area contributed by atoms with Crippen LogP contribution in [0.4, 0.5) is 4.39 Å². The Labute approximate surface area is 75.3 Å². The van der Waals surface area contributed by atoms with Crippen molar-refractivity contribution in [2.24, 2.45) is 11.3 Å². The second-order valence-electron chi connectivity index (χ2n) is 4.09. The summed E-state index contributed by atoms with van der Waals surface area (Å²) < 4.78 is 18.2. The van der Waals surface area contributed by atoms with E-state index >= 15 is 0 Å². The minimum absolute atomic E-state index is 0.179. The zero-order chi connectivity index (χ0) is 8.89. The first kappa shape index (κ1) is 7.35. The van der Waals surface area contributed by atoms with Crippen molar-refractivity contribution in [2.45, 2.75) is 19.0 Å². The van der Waals surface area contributed by atoms with Crippen molar-refractivity contribution >= 4 is 0 Å². The summed E-state index contributed by atoms with van der Waals surface area (Å²) in [6, 6.07) is 1.78. The summed E-state index contributed by atoms with van der Waals surface area (Å²) in [5, 5.41) is 6.55. The Hall–Kier alpha value is -1.06. The van der Waals surface area contributed by atoms with Crippen molar-refractivity contribution in [3.05, 3.63) is 12.3 Å². The second-order valence-corrected chi connectivity index (χ2v) is 4.09. The van der Waals surface area contributed by atoms with Gasteiger partial charge in [-0.1, -0.05) is 0 Å². The molecule has 70 valence electrons. The summed E-state index contributed by atoms with van der Waals surface area (Å²) in [4.78, 5) is 0. The van der Waals surface area contributed by atoms with Crippen LogP contribution >= 0.6 is 0 Å². The molecule has 2 fully saturated rings. The van der Waals surface area contributed by atoms with Gasteiger partial charge in [0.1, 0.15) is 6.17 Å². The molecule has 1 heterocycles. The summed E-state index contributed by atoms with van der Waals surface area (Å²) in [7, 11) is 0. The van der Waals surface area contributed by atoms with Crippen LogP contribution in [-0.2, 0) is 0 Å². The first-order chi connectivity index (χ1) is 6.30. The highest BCUT2D eigenvalue weighted by Gasteiger charge is 2.68. The molecule has 1 N–H and O–H groups in total. The van der Waals surface area contributed by atoms with E-state index in [0.29, 0.717) is 18.9 Å². The number of fused-ring (bicyclic) bond motifs is 1. The van der Waals surface area contributed by atoms with E-state index in [1.165, 1.54) is 0 Å². The molecule has 3 nitrogen and oxygen atoms in total. The smallest absolute Gasteiger partial charge is 0.232 e. The molecule has 0 spiro atoms. The Morgan fingerprint density at radius 2 is 2.62 bits per heavy atom. The molecule has 0 aliphatic heterocycles. The van der Waals surface area contributed by atoms with Crippen LogP contribution in [0.25, 0.3) is 0 Å². The summed E-state index contributed by atoms with van der Waals surface area (Å²) in [5.74, 6) is 0.897. The fraction of sp³-hybridized carbons (Fsp3) is 0.667. The lowest BCUT2D eigenvalue weighted by Crippen LogP contribution is -2.32. The van der Waals surface area contributed by atoms with Crippen molar-refractivity contribution in [3.8, 4) is 5.88 Å². The zero-order valence-corrected chi connectivity index (χ0v) is 7.16. The summed E-state index contributed by atoms with van der Waals surface area (Å²) >= 11 is 0. The average Bonchev–Trinajstić information content (AvgIpc) is 2.50. The number of rotatable bonds is 3. The molecule has 2 aliphatic carbocycles. The number of hydrogen-bond acceptors (Lipinski definition) is 2. The molecule has 0 amide bonds. The second kappa shape index (κ2) is 2.25. The number of nitrogens with one attached hydrogen (secondary N) is 1. The highest BCUT2D eigenvalue weighted by atomic mass is 19.1. The lowest BCUT2D eigenvalue weighted by molar-refractivity contribution is 0.0730. The molecule has 0 radical (unpaired) electrons. The van der Waals surface area contributed by atoms with Crippen LogP contribution in [0.2, 0.25) is 0 Å². The predicted octanol–water partition coefficient (Wildman–Crippen LogP) is 1.54. The molecule has 1 aromatic rings. The van der Waals surface area contributed by atoms with Gasteiger partial charge < -0.3 is 4.74 Å². The maximum atomic E-state index is 12.8. The van der Waals surface area contributed by atoms with Crippen molar-refractivity contribution < 1.29 is 9.13 Å². The highest BCUT2D eigenvalue weighted by molar-refractivity contribution is 5.17. The van der Waals surface area contributed by atoms with E-state index < -0.39 is 6.17 Å². The van der Waals surface area contributed by atoms with Crippen LogP contribution in [0.5, 0.6) is 5.88 Å². The molecular weight excluding hydrogens is 171 g/mol. The van der Waals surface area contributed by atoms with Crippen molar-refractivity contribution in [2.75, 3.05) is 6.61 Å². The van der Waals surface area contributed by atoms with E-state index in [1.54, 1.807) is 12.3 Å². The average molecular weight is 182 g/mol. The lowest BCUT2D eigenvalue weighted by Gasteiger charge is -2.28. The van der Waals surface area contributed by atoms with Crippen molar-refractivity contribution in [3.63, 3.8) is 0 Å². The number of H-pyrrole nitrogens is 1. The Morgan fingerprint density at radius 3 is 3.15 bits per heavy atom. The standard InChI is InChI=1S/C9H11FN2O/c10-7-4-9(3-6(7)9)5-13-8-1-2-11-12-8/h1-2,6-7H,3-5H2,(H,11,12). The van der Waals surface area contributed by atoms with Crippen molar-refractivity contribution in [1.82, 2.24) is 10.2 Å². The van der Waals surface area contributed by atoms with Gasteiger partial charge in [-0.2, -0.15) is 0 Å². The Kier molecular flexibility index (Phi) is 1.27. The van der Waals surface area contributed by atoms with Gasteiger partial charge in [0.05, 0.1) is 6.61 Å². The molecule has 2 aliphatic rings. The van der Waals surface area contributed by atoms with Gasteiger partial charge in [-0.15, -0.1) is 5.10 Å². The van der Waals surface area contributed by atoms with E-state index in [2.05, 4.69) is 10.2 Å². The molecule has 3 rings (SSSR count). The van der Waals surface area contributed by atoms with Gasteiger partial charge in [0, 0.05) is 17.7 Å². The quantitative estimate of drug-likeness (QED) is 0.769. The fourth-order valence-electron chi connectivity index (χ4n) is 2.27. The van der Waals surface area contributed by atoms with Crippen LogP contribution in [0.15, 0.2) is 12.3 Å². The summed E-state index contributed by atoms with van der Waals surface area (Å²) in [6.07, 6.45) is 2.83. The third kappa shape index (κ3) is 0.975. The summed E-state index contributed by atoms with van der Waals surface area (Å²) in [6.45, 7) is 0.628. The van der Waals surface area contributed by atoms with Crippen LogP contribution < -0.4 is 4.74 Å². The molecule has 0 saturated heterocycles. The first-order valence-electron chi connectivity index (χ1n) is 4.57. The number of halogens is 1. The predicted molar refractivity (Wildman–Crippen MR) is 44.1 cm³/mol. The molecule has 0 bridgehead atoms. The van der Waals surface area contributed by atoms with E-state index in [9.17, 15) is 4.39 Å². The molecule has 2 saturated carbocycles. The van der Waals surface area contributed by atoms with E-state index in [-0.39, 0.29) is 11.3 Å². The normalized spacial score (nSPS) is 40.7. The number of alkyl halides is 1. The first-order valence-corrected chi connectivity index (χ1v) is 4.57. The minimum Gasteiger partial charge on any atom is -0.476 e. The molecule has 4 heteroatoms. The van der Waals surface area contributed by atoms with Crippen LogP contribution in [0, 0.1) is 11.3 Å². The zero-order valence-electron chi connectivity index (χ0n) is 7.16. The van der Waals surface area contributed by atoms with E-state index in [0.717, 1.165) is 6.42 Å². The Morgan fingerprint density at radius 1 is 1.69 bits per heavy atom. The third-order valence-corrected chi connectivity index (χ3v) is 3.27. The molecule has 13 heavy (non-hydrogen) atoms. The van der Waals surface area contributed by atoms with Crippen LogP contribution in [-0.4, -0.2) is 23.0 Å². The van der Waals surface area contributed by atoms with E-state index in [4.69, 9.17) is 4.74 Å². The van der Waals surface area contributed by atoms with E-state index in [1.807, 2.05) is 0 Å². The van der Waals surface area contributed by atoms with Gasteiger partial charge in [-0.25, -0.2) is 4.39 Å². The SMILES string of the molecule is FC1CC2(COc3cc[nH]n3)CC12. The molecule has 1 aromatic heterocycles. The Bertz CT molecular complexity index is 313. The van der Waals surface area contributed by atoms with Gasteiger partial charge in [-0.3, -0.25) is 5.10 Å². The van der Waals surface area contributed by atoms with Gasteiger partial charge >= 0.3 is 0 Å². The number of ether oxygens (including phenoxy) is 1. The number of aromatic amines is 1. The molecule has 3 atom stereocenters. The topological polar surface area (TPSA) is 37.9 Å². The Balaban J connectivity index is 1.56.